The third kappa shape index (κ3) is 4.03. The normalized spacial score (nSPS) is 13.0. The van der Waals surface area contributed by atoms with Crippen LogP contribution in [0.4, 0.5) is 0 Å². The SMILES string of the molecule is CCC(CC)N(CCOC)S(=O)(=O)C(C)C. The van der Waals surface area contributed by atoms with Gasteiger partial charge in [-0.05, 0) is 26.7 Å². The number of hydrogen-bond acceptors (Lipinski definition) is 3. The molecule has 0 rings (SSSR count). The Bertz CT molecular complexity index is 271. The molecule has 0 aromatic carbocycles. The smallest absolute Gasteiger partial charge is 0.216 e. The van der Waals surface area contributed by atoms with Crippen LogP contribution < -0.4 is 0 Å². The maximum absolute atomic E-state index is 12.2. The molecule has 0 aliphatic heterocycles. The number of nitrogens with zero attached hydrogens (tertiary/aromatic N) is 1. The summed E-state index contributed by atoms with van der Waals surface area (Å²) in [7, 11) is -1.59. The second-order valence-electron chi connectivity index (χ2n) is 4.17. The van der Waals surface area contributed by atoms with Crippen LogP contribution in [0.3, 0.4) is 0 Å². The third-order valence-corrected chi connectivity index (χ3v) is 5.11. The molecule has 0 N–H and O–H groups in total. The monoisotopic (exact) mass is 251 g/mol. The van der Waals surface area contributed by atoms with Gasteiger partial charge in [-0.1, -0.05) is 13.8 Å². The Hall–Kier alpha value is -0.130. The molecule has 98 valence electrons. The van der Waals surface area contributed by atoms with Crippen molar-refractivity contribution in [3.63, 3.8) is 0 Å². The molecule has 0 saturated carbocycles. The molecule has 5 heteroatoms. The van der Waals surface area contributed by atoms with E-state index in [1.165, 1.54) is 0 Å². The second-order valence-corrected chi connectivity index (χ2v) is 6.61. The molecule has 0 aromatic heterocycles. The van der Waals surface area contributed by atoms with E-state index in [1.54, 1.807) is 25.3 Å². The van der Waals surface area contributed by atoms with Gasteiger partial charge in [0.1, 0.15) is 0 Å². The average Bonchev–Trinajstić information content (AvgIpc) is 2.23. The van der Waals surface area contributed by atoms with Crippen LogP contribution >= 0.6 is 0 Å². The minimum absolute atomic E-state index is 0.0857. The van der Waals surface area contributed by atoms with Gasteiger partial charge in [0.25, 0.3) is 0 Å². The van der Waals surface area contributed by atoms with Crippen LogP contribution in [0.2, 0.25) is 0 Å². The van der Waals surface area contributed by atoms with Crippen molar-refractivity contribution in [1.82, 2.24) is 4.31 Å². The van der Waals surface area contributed by atoms with Crippen LogP contribution in [0.1, 0.15) is 40.5 Å². The number of hydrogen-bond donors (Lipinski definition) is 0. The minimum atomic E-state index is -3.18. The molecular formula is C11H25NO3S. The number of rotatable bonds is 8. The lowest BCUT2D eigenvalue weighted by atomic mass is 10.2. The Morgan fingerprint density at radius 2 is 1.69 bits per heavy atom. The van der Waals surface area contributed by atoms with Gasteiger partial charge in [0.05, 0.1) is 11.9 Å². The molecule has 0 bridgehead atoms. The van der Waals surface area contributed by atoms with Crippen molar-refractivity contribution in [2.45, 2.75) is 51.8 Å². The van der Waals surface area contributed by atoms with Gasteiger partial charge < -0.3 is 4.74 Å². The Morgan fingerprint density at radius 3 is 2.00 bits per heavy atom. The maximum Gasteiger partial charge on any atom is 0.216 e. The molecule has 0 unspecified atom stereocenters. The molecule has 0 atom stereocenters. The van der Waals surface area contributed by atoms with Crippen LogP contribution in [0.15, 0.2) is 0 Å². The van der Waals surface area contributed by atoms with Gasteiger partial charge in [-0.25, -0.2) is 8.42 Å². The summed E-state index contributed by atoms with van der Waals surface area (Å²) in [6, 6.07) is 0.0857. The second kappa shape index (κ2) is 7.25. The summed E-state index contributed by atoms with van der Waals surface area (Å²) in [5, 5.41) is -0.370. The van der Waals surface area contributed by atoms with E-state index in [9.17, 15) is 8.42 Å². The number of methoxy groups -OCH3 is 1. The van der Waals surface area contributed by atoms with Crippen LogP contribution in [0.5, 0.6) is 0 Å². The zero-order valence-corrected chi connectivity index (χ0v) is 11.9. The fourth-order valence-electron chi connectivity index (χ4n) is 1.67. The van der Waals surface area contributed by atoms with Gasteiger partial charge in [-0.15, -0.1) is 0 Å². The molecule has 4 nitrogen and oxygen atoms in total. The maximum atomic E-state index is 12.2. The van der Waals surface area contributed by atoms with Crippen molar-refractivity contribution in [3.05, 3.63) is 0 Å². The first kappa shape index (κ1) is 15.9. The van der Waals surface area contributed by atoms with Crippen molar-refractivity contribution >= 4 is 10.0 Å². The fraction of sp³-hybridized carbons (Fsp3) is 1.00. The van der Waals surface area contributed by atoms with Crippen LogP contribution in [0, 0.1) is 0 Å². The quantitative estimate of drug-likeness (QED) is 0.661. The average molecular weight is 251 g/mol. The largest absolute Gasteiger partial charge is 0.383 e. The lowest BCUT2D eigenvalue weighted by Crippen LogP contribution is -2.44. The van der Waals surface area contributed by atoms with E-state index in [0.717, 1.165) is 12.8 Å². The zero-order chi connectivity index (χ0) is 12.8. The van der Waals surface area contributed by atoms with E-state index in [-0.39, 0.29) is 11.3 Å². The standard InChI is InChI=1S/C11H25NO3S/c1-6-11(7-2)12(8-9-15-5)16(13,14)10(3)4/h10-11H,6-9H2,1-5H3. The molecular weight excluding hydrogens is 226 g/mol. The highest BCUT2D eigenvalue weighted by Crippen LogP contribution is 2.17. The van der Waals surface area contributed by atoms with E-state index in [1.807, 2.05) is 13.8 Å². The molecule has 0 heterocycles. The topological polar surface area (TPSA) is 46.6 Å². The molecule has 0 aliphatic carbocycles. The Balaban J connectivity index is 4.92. The molecule has 0 fully saturated rings. The summed E-state index contributed by atoms with van der Waals surface area (Å²) < 4.78 is 30.9. The highest BCUT2D eigenvalue weighted by Gasteiger charge is 2.30. The summed E-state index contributed by atoms with van der Waals surface area (Å²) in [6.07, 6.45) is 1.68. The number of sulfonamides is 1. The van der Waals surface area contributed by atoms with Gasteiger partial charge >= 0.3 is 0 Å². The molecule has 16 heavy (non-hydrogen) atoms. The van der Waals surface area contributed by atoms with E-state index in [0.29, 0.717) is 13.2 Å². The first-order chi connectivity index (χ1) is 7.41. The third-order valence-electron chi connectivity index (χ3n) is 2.79. The van der Waals surface area contributed by atoms with Crippen LogP contribution in [-0.4, -0.2) is 44.3 Å². The molecule has 0 spiro atoms. The van der Waals surface area contributed by atoms with Crippen molar-refractivity contribution in [2.24, 2.45) is 0 Å². The molecule has 0 radical (unpaired) electrons. The van der Waals surface area contributed by atoms with Gasteiger partial charge in [0.15, 0.2) is 0 Å². The summed E-state index contributed by atoms with van der Waals surface area (Å²) in [6.45, 7) is 8.37. The minimum Gasteiger partial charge on any atom is -0.383 e. The van der Waals surface area contributed by atoms with E-state index in [4.69, 9.17) is 4.74 Å². The van der Waals surface area contributed by atoms with Gasteiger partial charge in [-0.3, -0.25) is 0 Å². The summed E-state index contributed by atoms with van der Waals surface area (Å²) in [5.74, 6) is 0. The van der Waals surface area contributed by atoms with Gasteiger partial charge in [0.2, 0.25) is 10.0 Å². The zero-order valence-electron chi connectivity index (χ0n) is 11.1. The Kier molecular flexibility index (Phi) is 7.19. The summed E-state index contributed by atoms with van der Waals surface area (Å²) in [4.78, 5) is 0. The Labute approximate surface area is 100 Å². The highest BCUT2D eigenvalue weighted by atomic mass is 32.2. The summed E-state index contributed by atoms with van der Waals surface area (Å²) >= 11 is 0. The highest BCUT2D eigenvalue weighted by molar-refractivity contribution is 7.89. The van der Waals surface area contributed by atoms with Crippen molar-refractivity contribution in [3.8, 4) is 0 Å². The lowest BCUT2D eigenvalue weighted by Gasteiger charge is -2.30. The van der Waals surface area contributed by atoms with Crippen molar-refractivity contribution in [1.29, 1.82) is 0 Å². The van der Waals surface area contributed by atoms with E-state index in [2.05, 4.69) is 0 Å². The summed E-state index contributed by atoms with van der Waals surface area (Å²) in [5.41, 5.74) is 0. The van der Waals surface area contributed by atoms with Gasteiger partial charge in [0, 0.05) is 19.7 Å². The van der Waals surface area contributed by atoms with Crippen molar-refractivity contribution < 1.29 is 13.2 Å². The van der Waals surface area contributed by atoms with E-state index < -0.39 is 10.0 Å². The molecule has 0 saturated heterocycles. The van der Waals surface area contributed by atoms with E-state index >= 15 is 0 Å². The first-order valence-electron chi connectivity index (χ1n) is 5.91. The van der Waals surface area contributed by atoms with Crippen molar-refractivity contribution in [2.75, 3.05) is 20.3 Å². The predicted molar refractivity (Wildman–Crippen MR) is 67.0 cm³/mol. The molecule has 0 aliphatic rings. The molecule has 0 amide bonds. The molecule has 0 aromatic rings. The fourth-order valence-corrected chi connectivity index (χ4v) is 3.25. The van der Waals surface area contributed by atoms with Crippen LogP contribution in [-0.2, 0) is 14.8 Å². The van der Waals surface area contributed by atoms with Gasteiger partial charge in [-0.2, -0.15) is 4.31 Å². The van der Waals surface area contributed by atoms with Crippen LogP contribution in [0.25, 0.3) is 0 Å². The number of ether oxygens (including phenoxy) is 1. The lowest BCUT2D eigenvalue weighted by molar-refractivity contribution is 0.163. The predicted octanol–water partition coefficient (Wildman–Crippen LogP) is 1.86. The Morgan fingerprint density at radius 1 is 1.19 bits per heavy atom. The first-order valence-corrected chi connectivity index (χ1v) is 7.41.